The fourth-order valence-corrected chi connectivity index (χ4v) is 1.93. The SMILES string of the molecule is O=C(O)C1CCC(C(=O)NC2(C(F)(F)F)CC2)O1. The zero-order valence-corrected chi connectivity index (χ0v) is 9.29. The van der Waals surface area contributed by atoms with Crippen molar-refractivity contribution in [3.63, 3.8) is 0 Å². The van der Waals surface area contributed by atoms with Crippen LogP contribution in [0.15, 0.2) is 0 Å². The Morgan fingerprint density at radius 1 is 1.22 bits per heavy atom. The van der Waals surface area contributed by atoms with Crippen LogP contribution in [0, 0.1) is 0 Å². The maximum absolute atomic E-state index is 12.6. The molecule has 1 amide bonds. The fraction of sp³-hybridized carbons (Fsp3) is 0.800. The monoisotopic (exact) mass is 267 g/mol. The molecule has 0 spiro atoms. The number of hydrogen-bond donors (Lipinski definition) is 2. The van der Waals surface area contributed by atoms with E-state index in [1.165, 1.54) is 0 Å². The van der Waals surface area contributed by atoms with Crippen molar-refractivity contribution in [2.75, 3.05) is 0 Å². The van der Waals surface area contributed by atoms with Crippen molar-refractivity contribution in [3.05, 3.63) is 0 Å². The first-order valence-electron chi connectivity index (χ1n) is 5.52. The third-order valence-corrected chi connectivity index (χ3v) is 3.24. The summed E-state index contributed by atoms with van der Waals surface area (Å²) in [6, 6.07) is 0. The second kappa shape index (κ2) is 4.11. The van der Waals surface area contributed by atoms with Crippen LogP contribution in [0.25, 0.3) is 0 Å². The molecule has 2 fully saturated rings. The average Bonchev–Trinajstić information content (AvgIpc) is 2.87. The summed E-state index contributed by atoms with van der Waals surface area (Å²) >= 11 is 0. The van der Waals surface area contributed by atoms with E-state index in [2.05, 4.69) is 0 Å². The Hall–Kier alpha value is -1.31. The van der Waals surface area contributed by atoms with Crippen molar-refractivity contribution in [2.24, 2.45) is 0 Å². The highest BCUT2D eigenvalue weighted by Crippen LogP contribution is 2.49. The van der Waals surface area contributed by atoms with Gasteiger partial charge in [-0.3, -0.25) is 4.79 Å². The molecule has 1 aliphatic carbocycles. The zero-order chi connectivity index (χ0) is 13.6. The molecule has 18 heavy (non-hydrogen) atoms. The van der Waals surface area contributed by atoms with Crippen LogP contribution in [0.2, 0.25) is 0 Å². The van der Waals surface area contributed by atoms with Crippen LogP contribution >= 0.6 is 0 Å². The van der Waals surface area contributed by atoms with E-state index in [-0.39, 0.29) is 25.7 Å². The van der Waals surface area contributed by atoms with Crippen LogP contribution in [0.5, 0.6) is 0 Å². The van der Waals surface area contributed by atoms with Gasteiger partial charge in [-0.2, -0.15) is 13.2 Å². The van der Waals surface area contributed by atoms with E-state index < -0.39 is 35.8 Å². The minimum absolute atomic E-state index is 0.122. The Bertz CT molecular complexity index is 378. The third kappa shape index (κ3) is 2.29. The molecular formula is C10H12F3NO4. The summed E-state index contributed by atoms with van der Waals surface area (Å²) in [6.45, 7) is 0. The van der Waals surface area contributed by atoms with Crippen molar-refractivity contribution in [3.8, 4) is 0 Å². The van der Waals surface area contributed by atoms with Crippen molar-refractivity contribution < 1.29 is 32.6 Å². The number of amides is 1. The molecule has 2 unspecified atom stereocenters. The summed E-state index contributed by atoms with van der Waals surface area (Å²) in [5.74, 6) is -2.09. The molecule has 102 valence electrons. The first-order chi connectivity index (χ1) is 8.25. The maximum atomic E-state index is 12.6. The smallest absolute Gasteiger partial charge is 0.411 e. The van der Waals surface area contributed by atoms with Crippen molar-refractivity contribution >= 4 is 11.9 Å². The van der Waals surface area contributed by atoms with Crippen LogP contribution in [0.3, 0.4) is 0 Å². The van der Waals surface area contributed by atoms with Gasteiger partial charge in [0.15, 0.2) is 6.10 Å². The van der Waals surface area contributed by atoms with E-state index in [1.54, 1.807) is 0 Å². The summed E-state index contributed by atoms with van der Waals surface area (Å²) in [6.07, 6.45) is -6.72. The highest BCUT2D eigenvalue weighted by atomic mass is 19.4. The number of carboxylic acid groups (broad SMARTS) is 1. The van der Waals surface area contributed by atoms with Crippen molar-refractivity contribution in [1.29, 1.82) is 0 Å². The molecule has 0 aromatic heterocycles. The van der Waals surface area contributed by atoms with Gasteiger partial charge in [0.1, 0.15) is 11.6 Å². The fourth-order valence-electron chi connectivity index (χ4n) is 1.93. The van der Waals surface area contributed by atoms with Crippen LogP contribution < -0.4 is 5.32 Å². The number of aliphatic carboxylic acids is 1. The van der Waals surface area contributed by atoms with Crippen LogP contribution in [-0.2, 0) is 14.3 Å². The number of carbonyl (C=O) groups is 2. The molecule has 2 N–H and O–H groups in total. The van der Waals surface area contributed by atoms with Gasteiger partial charge in [0.05, 0.1) is 0 Å². The molecule has 5 nitrogen and oxygen atoms in total. The molecule has 0 bridgehead atoms. The molecule has 2 atom stereocenters. The molecule has 0 aromatic rings. The van der Waals surface area contributed by atoms with Gasteiger partial charge in [-0.1, -0.05) is 0 Å². The number of hydrogen-bond acceptors (Lipinski definition) is 3. The molecule has 2 rings (SSSR count). The molecule has 0 aromatic carbocycles. The third-order valence-electron chi connectivity index (χ3n) is 3.24. The number of ether oxygens (including phenoxy) is 1. The van der Waals surface area contributed by atoms with E-state index in [4.69, 9.17) is 9.84 Å². The topological polar surface area (TPSA) is 75.6 Å². The zero-order valence-electron chi connectivity index (χ0n) is 9.29. The van der Waals surface area contributed by atoms with E-state index in [9.17, 15) is 22.8 Å². The van der Waals surface area contributed by atoms with Gasteiger partial charge in [0.2, 0.25) is 5.91 Å². The van der Waals surface area contributed by atoms with E-state index in [1.807, 2.05) is 5.32 Å². The largest absolute Gasteiger partial charge is 0.479 e. The molecule has 0 radical (unpaired) electrons. The normalized spacial score (nSPS) is 29.9. The number of alkyl halides is 3. The van der Waals surface area contributed by atoms with Gasteiger partial charge < -0.3 is 15.2 Å². The van der Waals surface area contributed by atoms with E-state index in [0.29, 0.717) is 0 Å². The van der Waals surface area contributed by atoms with Crippen molar-refractivity contribution in [1.82, 2.24) is 5.32 Å². The molecule has 1 aliphatic heterocycles. The minimum Gasteiger partial charge on any atom is -0.479 e. The van der Waals surface area contributed by atoms with Gasteiger partial charge in [-0.15, -0.1) is 0 Å². The van der Waals surface area contributed by atoms with E-state index in [0.717, 1.165) is 0 Å². The van der Waals surface area contributed by atoms with Gasteiger partial charge in [0.25, 0.3) is 0 Å². The summed E-state index contributed by atoms with van der Waals surface area (Å²) < 4.78 is 42.7. The Morgan fingerprint density at radius 3 is 2.17 bits per heavy atom. The standard InChI is InChI=1S/C10H12F3NO4/c11-10(12,13)9(3-4-9)14-7(15)5-1-2-6(18-5)8(16)17/h5-6H,1-4H2,(H,14,15)(H,16,17). The lowest BCUT2D eigenvalue weighted by molar-refractivity contribution is -0.174. The second-order valence-corrected chi connectivity index (χ2v) is 4.60. The van der Waals surface area contributed by atoms with E-state index >= 15 is 0 Å². The van der Waals surface area contributed by atoms with Gasteiger partial charge >= 0.3 is 12.1 Å². The number of nitrogens with one attached hydrogen (secondary N) is 1. The van der Waals surface area contributed by atoms with Gasteiger partial charge in [0, 0.05) is 0 Å². The maximum Gasteiger partial charge on any atom is 0.411 e. The lowest BCUT2D eigenvalue weighted by Gasteiger charge is -2.22. The first-order valence-corrected chi connectivity index (χ1v) is 5.52. The molecule has 1 heterocycles. The number of rotatable bonds is 3. The molecule has 2 aliphatic rings. The predicted octanol–water partition coefficient (Wildman–Crippen LogP) is 0.830. The van der Waals surface area contributed by atoms with Crippen molar-refractivity contribution in [2.45, 2.75) is 49.6 Å². The molecule has 8 heteroatoms. The number of carbonyl (C=O) groups excluding carboxylic acids is 1. The van der Waals surface area contributed by atoms with Crippen LogP contribution in [-0.4, -0.2) is 40.9 Å². The molecule has 1 saturated carbocycles. The second-order valence-electron chi connectivity index (χ2n) is 4.60. The summed E-state index contributed by atoms with van der Waals surface area (Å²) in [5, 5.41) is 10.6. The lowest BCUT2D eigenvalue weighted by atomic mass is 10.1. The summed E-state index contributed by atoms with van der Waals surface area (Å²) in [4.78, 5) is 22.2. The molecule has 1 saturated heterocycles. The van der Waals surface area contributed by atoms with Gasteiger partial charge in [-0.25, -0.2) is 4.79 Å². The average molecular weight is 267 g/mol. The Morgan fingerprint density at radius 2 is 1.78 bits per heavy atom. The minimum atomic E-state index is -4.48. The van der Waals surface area contributed by atoms with Crippen LogP contribution in [0.4, 0.5) is 13.2 Å². The quantitative estimate of drug-likeness (QED) is 0.794. The predicted molar refractivity (Wildman–Crippen MR) is 51.7 cm³/mol. The highest BCUT2D eigenvalue weighted by molar-refractivity contribution is 5.83. The highest BCUT2D eigenvalue weighted by Gasteiger charge is 2.64. The Labute approximate surface area is 100 Å². The van der Waals surface area contributed by atoms with Crippen LogP contribution in [0.1, 0.15) is 25.7 Å². The molecular weight excluding hydrogens is 255 g/mol. The number of halogens is 3. The summed E-state index contributed by atoms with van der Waals surface area (Å²) in [7, 11) is 0. The number of carboxylic acids is 1. The van der Waals surface area contributed by atoms with Gasteiger partial charge in [-0.05, 0) is 25.7 Å². The summed E-state index contributed by atoms with van der Waals surface area (Å²) in [5.41, 5.74) is -2.13. The first kappa shape index (κ1) is 13.1. The Balaban J connectivity index is 1.92. The lowest BCUT2D eigenvalue weighted by Crippen LogP contribution is -2.51. The Kier molecular flexibility index (Phi) is 3.00.